The summed E-state index contributed by atoms with van der Waals surface area (Å²) in [5, 5.41) is 7.37. The van der Waals surface area contributed by atoms with Gasteiger partial charge in [0, 0.05) is 88.8 Å². The standard InChI is InChI=1S/C22H30ClN7O4S/c1-17(31)24-21-4-5-30(25-21)22(32)29-12-6-26(7-13-29)15-18-2-3-19(23)14-20(18)28-10-8-27(9-11-28)16-35(33)34/h2-5,14,35H,6-13,15-16H2,1H3,(H,24,25,31). The number of thiol groups is 1. The summed E-state index contributed by atoms with van der Waals surface area (Å²) in [7, 11) is -2.41. The Morgan fingerprint density at radius 3 is 2.34 bits per heavy atom. The molecule has 4 rings (SSSR count). The molecule has 0 atom stereocenters. The van der Waals surface area contributed by atoms with Gasteiger partial charge in [0.1, 0.15) is 0 Å². The molecule has 35 heavy (non-hydrogen) atoms. The van der Waals surface area contributed by atoms with E-state index >= 15 is 0 Å². The molecule has 0 bridgehead atoms. The molecule has 0 spiro atoms. The van der Waals surface area contributed by atoms with Gasteiger partial charge in [-0.2, -0.15) is 4.68 Å². The summed E-state index contributed by atoms with van der Waals surface area (Å²) in [5.41, 5.74) is 2.23. The summed E-state index contributed by atoms with van der Waals surface area (Å²) in [5.74, 6) is 0.211. The molecule has 11 nitrogen and oxygen atoms in total. The van der Waals surface area contributed by atoms with Gasteiger partial charge in [-0.1, -0.05) is 17.7 Å². The Kier molecular flexibility index (Phi) is 8.26. The highest BCUT2D eigenvalue weighted by molar-refractivity contribution is 7.72. The van der Waals surface area contributed by atoms with Crippen LogP contribution in [0.3, 0.4) is 0 Å². The maximum absolute atomic E-state index is 12.8. The number of amides is 2. The van der Waals surface area contributed by atoms with E-state index in [-0.39, 0.29) is 17.8 Å². The van der Waals surface area contributed by atoms with Crippen molar-refractivity contribution >= 4 is 45.7 Å². The van der Waals surface area contributed by atoms with Crippen LogP contribution in [0.5, 0.6) is 0 Å². The Morgan fingerprint density at radius 2 is 1.69 bits per heavy atom. The molecule has 2 aliphatic rings. The zero-order valence-electron chi connectivity index (χ0n) is 19.6. The maximum atomic E-state index is 12.8. The van der Waals surface area contributed by atoms with Crippen molar-refractivity contribution in [2.24, 2.45) is 0 Å². The normalized spacial score (nSPS) is 17.7. The first-order valence-electron chi connectivity index (χ1n) is 11.5. The number of hydrogen-bond acceptors (Lipinski definition) is 8. The van der Waals surface area contributed by atoms with Crippen LogP contribution in [0.25, 0.3) is 0 Å². The number of piperazine rings is 2. The van der Waals surface area contributed by atoms with Gasteiger partial charge in [-0.05, 0) is 17.7 Å². The molecule has 2 aliphatic heterocycles. The average Bonchev–Trinajstić information content (AvgIpc) is 3.28. The highest BCUT2D eigenvalue weighted by Crippen LogP contribution is 2.27. The Morgan fingerprint density at radius 1 is 1.00 bits per heavy atom. The molecule has 0 radical (unpaired) electrons. The van der Waals surface area contributed by atoms with Gasteiger partial charge in [0.2, 0.25) is 5.91 Å². The van der Waals surface area contributed by atoms with Crippen molar-refractivity contribution in [3.63, 3.8) is 0 Å². The zero-order valence-corrected chi connectivity index (χ0v) is 21.2. The van der Waals surface area contributed by atoms with Crippen LogP contribution in [-0.4, -0.2) is 103 Å². The van der Waals surface area contributed by atoms with Crippen molar-refractivity contribution < 1.29 is 18.0 Å². The van der Waals surface area contributed by atoms with E-state index in [1.165, 1.54) is 11.6 Å². The van der Waals surface area contributed by atoms with Crippen LogP contribution in [0.15, 0.2) is 30.5 Å². The van der Waals surface area contributed by atoms with Crippen molar-refractivity contribution in [3.05, 3.63) is 41.0 Å². The van der Waals surface area contributed by atoms with Crippen molar-refractivity contribution in [1.82, 2.24) is 24.5 Å². The quantitative estimate of drug-likeness (QED) is 0.539. The number of carbonyl (C=O) groups is 2. The zero-order chi connectivity index (χ0) is 24.9. The molecule has 1 N–H and O–H groups in total. The van der Waals surface area contributed by atoms with E-state index in [2.05, 4.69) is 20.2 Å². The van der Waals surface area contributed by atoms with Crippen molar-refractivity contribution in [2.45, 2.75) is 13.5 Å². The summed E-state index contributed by atoms with van der Waals surface area (Å²) in [6.07, 6.45) is 1.55. The molecule has 1 aromatic carbocycles. The lowest BCUT2D eigenvalue weighted by atomic mass is 10.1. The van der Waals surface area contributed by atoms with Gasteiger partial charge in [0.25, 0.3) is 0 Å². The first kappa shape index (κ1) is 25.4. The van der Waals surface area contributed by atoms with E-state index in [9.17, 15) is 18.0 Å². The summed E-state index contributed by atoms with van der Waals surface area (Å²) >= 11 is 6.31. The van der Waals surface area contributed by atoms with Crippen molar-refractivity contribution in [2.75, 3.05) is 68.5 Å². The van der Waals surface area contributed by atoms with Gasteiger partial charge < -0.3 is 15.1 Å². The number of rotatable bonds is 6. The van der Waals surface area contributed by atoms with Crippen LogP contribution in [0, 0.1) is 0 Å². The molecule has 0 saturated carbocycles. The SMILES string of the molecule is CC(=O)Nc1ccn(C(=O)N2CCN(Cc3ccc(Cl)cc3N3CCN(C[SH](=O)=O)CC3)CC2)n1. The molecular formula is C22H30ClN7O4S. The molecule has 2 fully saturated rings. The van der Waals surface area contributed by atoms with E-state index in [4.69, 9.17) is 11.6 Å². The number of aromatic nitrogens is 2. The number of hydrogen-bond donors (Lipinski definition) is 2. The van der Waals surface area contributed by atoms with E-state index in [0.717, 1.165) is 44.0 Å². The van der Waals surface area contributed by atoms with Crippen LogP contribution in [0.4, 0.5) is 16.3 Å². The maximum Gasteiger partial charge on any atom is 0.344 e. The third-order valence-corrected chi connectivity index (χ3v) is 7.07. The monoisotopic (exact) mass is 523 g/mol. The van der Waals surface area contributed by atoms with Gasteiger partial charge in [-0.25, -0.2) is 13.2 Å². The van der Waals surface area contributed by atoms with Crippen molar-refractivity contribution in [1.29, 1.82) is 0 Å². The topological polar surface area (TPSA) is 111 Å². The lowest BCUT2D eigenvalue weighted by molar-refractivity contribution is -0.114. The fraction of sp³-hybridized carbons (Fsp3) is 0.500. The first-order valence-corrected chi connectivity index (χ1v) is 13.2. The van der Waals surface area contributed by atoms with Crippen LogP contribution in [-0.2, 0) is 22.0 Å². The smallest absolute Gasteiger partial charge is 0.344 e. The van der Waals surface area contributed by atoms with E-state index in [0.29, 0.717) is 37.0 Å². The molecule has 3 heterocycles. The largest absolute Gasteiger partial charge is 0.369 e. The minimum absolute atomic E-state index is 0.0989. The molecule has 0 unspecified atom stereocenters. The summed E-state index contributed by atoms with van der Waals surface area (Å²) < 4.78 is 23.3. The van der Waals surface area contributed by atoms with Crippen LogP contribution in [0.1, 0.15) is 12.5 Å². The number of benzene rings is 1. The third-order valence-electron chi connectivity index (χ3n) is 6.20. The molecule has 2 aromatic rings. The van der Waals surface area contributed by atoms with Crippen LogP contribution >= 0.6 is 11.6 Å². The van der Waals surface area contributed by atoms with Crippen molar-refractivity contribution in [3.8, 4) is 0 Å². The highest BCUT2D eigenvalue weighted by Gasteiger charge is 2.25. The second-order valence-electron chi connectivity index (χ2n) is 8.72. The van der Waals surface area contributed by atoms with Gasteiger partial charge in [-0.15, -0.1) is 5.10 Å². The number of nitrogens with zero attached hydrogens (tertiary/aromatic N) is 6. The first-order chi connectivity index (χ1) is 16.8. The summed E-state index contributed by atoms with van der Waals surface area (Å²) in [4.78, 5) is 32.2. The Labute approximate surface area is 211 Å². The summed E-state index contributed by atoms with van der Waals surface area (Å²) in [6, 6.07) is 7.29. The average molecular weight is 524 g/mol. The lowest BCUT2D eigenvalue weighted by Gasteiger charge is -2.38. The number of halogens is 1. The predicted molar refractivity (Wildman–Crippen MR) is 135 cm³/mol. The number of anilines is 2. The van der Waals surface area contributed by atoms with E-state index in [1.54, 1.807) is 17.2 Å². The predicted octanol–water partition coefficient (Wildman–Crippen LogP) is 0.972. The molecule has 2 amide bonds. The fourth-order valence-electron chi connectivity index (χ4n) is 4.42. The lowest BCUT2D eigenvalue weighted by Crippen LogP contribution is -2.50. The molecular weight excluding hydrogens is 494 g/mol. The third kappa shape index (κ3) is 6.72. The molecule has 0 aliphatic carbocycles. The molecule has 1 aromatic heterocycles. The Bertz CT molecular complexity index is 1130. The number of carbonyl (C=O) groups excluding carboxylic acids is 2. The van der Waals surface area contributed by atoms with Crippen LogP contribution < -0.4 is 10.2 Å². The summed E-state index contributed by atoms with van der Waals surface area (Å²) in [6.45, 7) is 7.56. The second kappa shape index (κ2) is 11.4. The fourth-order valence-corrected chi connectivity index (χ4v) is 5.19. The molecule has 13 heteroatoms. The molecule has 190 valence electrons. The van der Waals surface area contributed by atoms with Gasteiger partial charge >= 0.3 is 6.03 Å². The van der Waals surface area contributed by atoms with Crippen LogP contribution in [0.2, 0.25) is 5.02 Å². The minimum Gasteiger partial charge on any atom is -0.369 e. The Balaban J connectivity index is 1.34. The Hall–Kier alpha value is -2.67. The number of nitrogens with one attached hydrogen (secondary N) is 1. The minimum atomic E-state index is -2.41. The van der Waals surface area contributed by atoms with E-state index < -0.39 is 10.7 Å². The van der Waals surface area contributed by atoms with E-state index in [1.807, 2.05) is 23.1 Å². The highest BCUT2D eigenvalue weighted by atomic mass is 35.5. The molecule has 2 saturated heterocycles. The second-order valence-corrected chi connectivity index (χ2v) is 10.1. The van der Waals surface area contributed by atoms with Gasteiger partial charge in [-0.3, -0.25) is 14.6 Å². The van der Waals surface area contributed by atoms with Gasteiger partial charge in [0.15, 0.2) is 16.5 Å². The van der Waals surface area contributed by atoms with Gasteiger partial charge in [0.05, 0.1) is 5.88 Å².